The SMILES string of the molecule is CCC(=O)c1cnn2c(F)cc(-c3ccccc3)nc12. The highest BCUT2D eigenvalue weighted by Crippen LogP contribution is 2.21. The fraction of sp³-hybridized carbons (Fsp3) is 0.133. The van der Waals surface area contributed by atoms with Gasteiger partial charge in [0.1, 0.15) is 0 Å². The Labute approximate surface area is 114 Å². The first-order valence-corrected chi connectivity index (χ1v) is 6.33. The Balaban J connectivity index is 2.24. The number of ketones is 1. The van der Waals surface area contributed by atoms with Gasteiger partial charge in [-0.3, -0.25) is 4.79 Å². The summed E-state index contributed by atoms with van der Waals surface area (Å²) in [6, 6.07) is 10.6. The van der Waals surface area contributed by atoms with Crippen LogP contribution in [0.3, 0.4) is 0 Å². The summed E-state index contributed by atoms with van der Waals surface area (Å²) in [5, 5.41) is 3.88. The van der Waals surface area contributed by atoms with Crippen LogP contribution in [0.5, 0.6) is 0 Å². The molecule has 1 aromatic carbocycles. The van der Waals surface area contributed by atoms with Crippen LogP contribution in [0.1, 0.15) is 23.7 Å². The molecule has 0 radical (unpaired) electrons. The number of nitrogens with zero attached hydrogens (tertiary/aromatic N) is 3. The van der Waals surface area contributed by atoms with Crippen LogP contribution in [-0.2, 0) is 0 Å². The molecule has 0 amide bonds. The second kappa shape index (κ2) is 4.85. The second-order valence-corrected chi connectivity index (χ2v) is 4.40. The highest BCUT2D eigenvalue weighted by Gasteiger charge is 2.16. The molecule has 2 heterocycles. The van der Waals surface area contributed by atoms with Gasteiger partial charge in [0.2, 0.25) is 5.95 Å². The molecule has 0 fully saturated rings. The Kier molecular flexibility index (Phi) is 3.02. The average molecular weight is 269 g/mol. The smallest absolute Gasteiger partial charge is 0.218 e. The van der Waals surface area contributed by atoms with E-state index in [1.807, 2.05) is 30.3 Å². The van der Waals surface area contributed by atoms with Gasteiger partial charge in [0.05, 0.1) is 17.5 Å². The Hall–Kier alpha value is -2.56. The third-order valence-corrected chi connectivity index (χ3v) is 3.12. The molecule has 2 aromatic heterocycles. The van der Waals surface area contributed by atoms with Gasteiger partial charge >= 0.3 is 0 Å². The summed E-state index contributed by atoms with van der Waals surface area (Å²) in [5.41, 5.74) is 1.89. The number of hydrogen-bond acceptors (Lipinski definition) is 3. The predicted octanol–water partition coefficient (Wildman–Crippen LogP) is 3.13. The van der Waals surface area contributed by atoms with Crippen LogP contribution in [0.2, 0.25) is 0 Å². The normalized spacial score (nSPS) is 10.9. The van der Waals surface area contributed by atoms with E-state index in [2.05, 4.69) is 10.1 Å². The van der Waals surface area contributed by atoms with Crippen LogP contribution in [0.4, 0.5) is 4.39 Å². The molecule has 0 saturated heterocycles. The first-order valence-electron chi connectivity index (χ1n) is 6.33. The second-order valence-electron chi connectivity index (χ2n) is 4.40. The number of hydrogen-bond donors (Lipinski definition) is 0. The predicted molar refractivity (Wildman–Crippen MR) is 73.0 cm³/mol. The maximum atomic E-state index is 14.1. The summed E-state index contributed by atoms with van der Waals surface area (Å²) in [6.45, 7) is 1.75. The number of carbonyl (C=O) groups excluding carboxylic acids is 1. The lowest BCUT2D eigenvalue weighted by molar-refractivity contribution is 0.0989. The Morgan fingerprint density at radius 1 is 1.30 bits per heavy atom. The van der Waals surface area contributed by atoms with Gasteiger partial charge in [-0.1, -0.05) is 37.3 Å². The van der Waals surface area contributed by atoms with Crippen molar-refractivity contribution in [3.8, 4) is 11.3 Å². The molecule has 100 valence electrons. The number of halogens is 1. The zero-order valence-electron chi connectivity index (χ0n) is 10.9. The molecular formula is C15H12FN3O. The fourth-order valence-corrected chi connectivity index (χ4v) is 2.07. The van der Waals surface area contributed by atoms with Crippen molar-refractivity contribution in [2.75, 3.05) is 0 Å². The molecule has 0 aliphatic rings. The van der Waals surface area contributed by atoms with Crippen molar-refractivity contribution in [3.63, 3.8) is 0 Å². The van der Waals surface area contributed by atoms with Gasteiger partial charge in [0, 0.05) is 18.1 Å². The number of fused-ring (bicyclic) bond motifs is 1. The highest BCUT2D eigenvalue weighted by molar-refractivity contribution is 6.01. The molecule has 0 saturated carbocycles. The Bertz CT molecular complexity index is 780. The van der Waals surface area contributed by atoms with Gasteiger partial charge < -0.3 is 0 Å². The van der Waals surface area contributed by atoms with Gasteiger partial charge in [-0.15, -0.1) is 0 Å². The van der Waals surface area contributed by atoms with Crippen LogP contribution in [0.15, 0.2) is 42.6 Å². The maximum Gasteiger partial charge on any atom is 0.218 e. The van der Waals surface area contributed by atoms with E-state index in [1.165, 1.54) is 12.3 Å². The van der Waals surface area contributed by atoms with E-state index < -0.39 is 5.95 Å². The number of benzene rings is 1. The van der Waals surface area contributed by atoms with E-state index in [1.54, 1.807) is 6.92 Å². The van der Waals surface area contributed by atoms with Crippen molar-refractivity contribution in [1.29, 1.82) is 0 Å². The zero-order valence-corrected chi connectivity index (χ0v) is 10.9. The summed E-state index contributed by atoms with van der Waals surface area (Å²) in [4.78, 5) is 16.2. The van der Waals surface area contributed by atoms with Crippen molar-refractivity contribution in [3.05, 3.63) is 54.1 Å². The van der Waals surface area contributed by atoms with E-state index in [-0.39, 0.29) is 11.4 Å². The van der Waals surface area contributed by atoms with Gasteiger partial charge in [0.15, 0.2) is 11.4 Å². The van der Waals surface area contributed by atoms with Gasteiger partial charge in [-0.2, -0.15) is 14.0 Å². The molecule has 0 bridgehead atoms. The molecule has 20 heavy (non-hydrogen) atoms. The fourth-order valence-electron chi connectivity index (χ4n) is 2.07. The molecule has 0 N–H and O–H groups in total. The lowest BCUT2D eigenvalue weighted by Crippen LogP contribution is -2.02. The zero-order chi connectivity index (χ0) is 14.1. The van der Waals surface area contributed by atoms with Crippen LogP contribution in [-0.4, -0.2) is 20.4 Å². The number of carbonyl (C=O) groups is 1. The molecule has 5 heteroatoms. The van der Waals surface area contributed by atoms with Crippen LogP contribution in [0.25, 0.3) is 16.9 Å². The van der Waals surface area contributed by atoms with Crippen molar-refractivity contribution >= 4 is 11.4 Å². The maximum absolute atomic E-state index is 14.1. The minimum absolute atomic E-state index is 0.0999. The molecule has 0 unspecified atom stereocenters. The first-order chi connectivity index (χ1) is 9.70. The van der Waals surface area contributed by atoms with Gasteiger partial charge in [0.25, 0.3) is 0 Å². The standard InChI is InChI=1S/C15H12FN3O/c1-2-13(20)11-9-17-19-14(16)8-12(18-15(11)19)10-6-4-3-5-7-10/h3-9H,2H2,1H3. The van der Waals surface area contributed by atoms with Gasteiger partial charge in [-0.05, 0) is 0 Å². The van der Waals surface area contributed by atoms with Crippen LogP contribution in [0, 0.1) is 5.95 Å². The summed E-state index contributed by atoms with van der Waals surface area (Å²) in [5.74, 6) is -0.638. The first kappa shape index (κ1) is 12.5. The topological polar surface area (TPSA) is 47.3 Å². The van der Waals surface area contributed by atoms with Crippen LogP contribution < -0.4 is 0 Å². The van der Waals surface area contributed by atoms with Crippen molar-refractivity contribution in [2.45, 2.75) is 13.3 Å². The monoisotopic (exact) mass is 269 g/mol. The minimum atomic E-state index is -0.538. The van der Waals surface area contributed by atoms with Crippen molar-refractivity contribution in [2.24, 2.45) is 0 Å². The third-order valence-electron chi connectivity index (χ3n) is 3.12. The van der Waals surface area contributed by atoms with E-state index in [0.717, 1.165) is 10.1 Å². The van der Waals surface area contributed by atoms with E-state index in [4.69, 9.17) is 0 Å². The van der Waals surface area contributed by atoms with Crippen molar-refractivity contribution in [1.82, 2.24) is 14.6 Å². The summed E-state index contributed by atoms with van der Waals surface area (Å²) in [7, 11) is 0. The molecular weight excluding hydrogens is 257 g/mol. The number of Topliss-reactive ketones (excluding diaryl/α,β-unsaturated/α-hetero) is 1. The molecule has 4 nitrogen and oxygen atoms in total. The molecule has 3 aromatic rings. The lowest BCUT2D eigenvalue weighted by Gasteiger charge is -2.03. The van der Waals surface area contributed by atoms with E-state index in [9.17, 15) is 9.18 Å². The summed E-state index contributed by atoms with van der Waals surface area (Å²) < 4.78 is 15.1. The third kappa shape index (κ3) is 1.97. The Morgan fingerprint density at radius 2 is 2.05 bits per heavy atom. The molecule has 0 spiro atoms. The molecule has 3 rings (SSSR count). The molecule has 0 atom stereocenters. The lowest BCUT2D eigenvalue weighted by atomic mass is 10.1. The largest absolute Gasteiger partial charge is 0.294 e. The highest BCUT2D eigenvalue weighted by atomic mass is 19.1. The number of aromatic nitrogens is 3. The van der Waals surface area contributed by atoms with E-state index in [0.29, 0.717) is 17.7 Å². The van der Waals surface area contributed by atoms with E-state index >= 15 is 0 Å². The average Bonchev–Trinajstić information content (AvgIpc) is 2.92. The molecule has 0 aliphatic heterocycles. The van der Waals surface area contributed by atoms with Crippen molar-refractivity contribution < 1.29 is 9.18 Å². The summed E-state index contributed by atoms with van der Waals surface area (Å²) >= 11 is 0. The minimum Gasteiger partial charge on any atom is -0.294 e. The quantitative estimate of drug-likeness (QED) is 0.542. The Morgan fingerprint density at radius 3 is 2.75 bits per heavy atom. The molecule has 0 aliphatic carbocycles. The number of rotatable bonds is 3. The van der Waals surface area contributed by atoms with Crippen LogP contribution >= 0.6 is 0 Å². The summed E-state index contributed by atoms with van der Waals surface area (Å²) in [6.07, 6.45) is 1.70. The van der Waals surface area contributed by atoms with Gasteiger partial charge in [-0.25, -0.2) is 4.98 Å².